The monoisotopic (exact) mass is 565 g/mol. The van der Waals surface area contributed by atoms with Crippen LogP contribution in [0.25, 0.3) is 0 Å². The molecule has 0 saturated carbocycles. The number of carbonyl (C=O) groups excluding carboxylic acids is 5. The molecule has 1 aliphatic rings. The third kappa shape index (κ3) is 9.63. The number of ether oxygens (including phenoxy) is 1. The van der Waals surface area contributed by atoms with Crippen molar-refractivity contribution in [1.82, 2.24) is 26.2 Å². The standard InChI is InChI=1S/C30H39N5O6/c1-19(33-29(40)41-30(3,4)5)28(39)35-20(2)25(35)27(38)32-18-24(36)34-23(16-21-12-8-6-9-13-21)26(37)31-17-22-14-10-7-11-15-22/h6-15,19-20,23,25H,16-18H2,1-5H3,(H,31,37)(H,32,38)(H,33,40)(H,34,36)/t19-,20-,23-,25-,35?/m0/s1. The van der Waals surface area contributed by atoms with Crippen LogP contribution in [0.5, 0.6) is 0 Å². The Labute approximate surface area is 240 Å². The highest BCUT2D eigenvalue weighted by molar-refractivity contribution is 5.98. The van der Waals surface area contributed by atoms with E-state index in [-0.39, 0.29) is 18.9 Å². The number of nitrogens with zero attached hydrogens (tertiary/aromatic N) is 1. The number of hydrogen-bond donors (Lipinski definition) is 4. The topological polar surface area (TPSA) is 146 Å². The fraction of sp³-hybridized carbons (Fsp3) is 0.433. The average Bonchev–Trinajstić information content (AvgIpc) is 3.60. The van der Waals surface area contributed by atoms with Crippen molar-refractivity contribution in [3.8, 4) is 0 Å². The van der Waals surface area contributed by atoms with Crippen LogP contribution in [0.4, 0.5) is 4.79 Å². The van der Waals surface area contributed by atoms with Gasteiger partial charge in [0.1, 0.15) is 23.7 Å². The molecular formula is C30H39N5O6. The molecule has 41 heavy (non-hydrogen) atoms. The molecule has 11 heteroatoms. The molecule has 0 spiro atoms. The lowest BCUT2D eigenvalue weighted by atomic mass is 10.0. The molecule has 1 saturated heterocycles. The lowest BCUT2D eigenvalue weighted by Crippen LogP contribution is -2.51. The smallest absolute Gasteiger partial charge is 0.408 e. The van der Waals surface area contributed by atoms with Gasteiger partial charge in [-0.25, -0.2) is 4.79 Å². The van der Waals surface area contributed by atoms with Crippen LogP contribution < -0.4 is 21.3 Å². The molecular weight excluding hydrogens is 526 g/mol. The Hall–Kier alpha value is -4.41. The average molecular weight is 566 g/mol. The van der Waals surface area contributed by atoms with E-state index in [0.717, 1.165) is 11.1 Å². The minimum atomic E-state index is -0.901. The fourth-order valence-corrected chi connectivity index (χ4v) is 4.29. The van der Waals surface area contributed by atoms with Gasteiger partial charge >= 0.3 is 6.09 Å². The van der Waals surface area contributed by atoms with Gasteiger partial charge in [-0.15, -0.1) is 0 Å². The van der Waals surface area contributed by atoms with E-state index in [4.69, 9.17) is 4.74 Å². The van der Waals surface area contributed by atoms with Crippen LogP contribution in [0.15, 0.2) is 60.7 Å². The van der Waals surface area contributed by atoms with E-state index in [0.29, 0.717) is 6.54 Å². The van der Waals surface area contributed by atoms with Gasteiger partial charge in [0.25, 0.3) is 0 Å². The minimum absolute atomic E-state index is 0.269. The van der Waals surface area contributed by atoms with Gasteiger partial charge in [0, 0.05) is 13.0 Å². The van der Waals surface area contributed by atoms with Crippen molar-refractivity contribution in [3.05, 3.63) is 71.8 Å². The first-order chi connectivity index (χ1) is 19.4. The van der Waals surface area contributed by atoms with E-state index in [1.807, 2.05) is 60.7 Å². The van der Waals surface area contributed by atoms with Gasteiger partial charge in [-0.3, -0.25) is 19.2 Å². The summed E-state index contributed by atoms with van der Waals surface area (Å²) >= 11 is 0. The lowest BCUT2D eigenvalue weighted by molar-refractivity contribution is -0.132. The molecule has 11 nitrogen and oxygen atoms in total. The van der Waals surface area contributed by atoms with Crippen molar-refractivity contribution >= 4 is 29.7 Å². The van der Waals surface area contributed by atoms with E-state index in [2.05, 4.69) is 21.3 Å². The zero-order valence-electron chi connectivity index (χ0n) is 24.1. The van der Waals surface area contributed by atoms with Crippen LogP contribution in [0, 0.1) is 0 Å². The summed E-state index contributed by atoms with van der Waals surface area (Å²) in [4.78, 5) is 64.6. The Morgan fingerprint density at radius 2 is 1.46 bits per heavy atom. The van der Waals surface area contributed by atoms with Gasteiger partial charge in [0.05, 0.1) is 12.6 Å². The molecule has 2 aromatic rings. The Bertz CT molecular complexity index is 1230. The number of carbonyl (C=O) groups is 5. The molecule has 5 amide bonds. The van der Waals surface area contributed by atoms with Crippen LogP contribution in [-0.2, 0) is 36.9 Å². The molecule has 1 heterocycles. The van der Waals surface area contributed by atoms with E-state index in [1.54, 1.807) is 27.7 Å². The first kappa shape index (κ1) is 31.1. The highest BCUT2D eigenvalue weighted by atomic mass is 16.6. The largest absolute Gasteiger partial charge is 0.444 e. The van der Waals surface area contributed by atoms with Gasteiger partial charge in [-0.1, -0.05) is 60.7 Å². The van der Waals surface area contributed by atoms with Crippen molar-refractivity contribution < 1.29 is 28.7 Å². The van der Waals surface area contributed by atoms with Gasteiger partial charge in [-0.2, -0.15) is 0 Å². The van der Waals surface area contributed by atoms with Crippen LogP contribution in [0.3, 0.4) is 0 Å². The van der Waals surface area contributed by atoms with Crippen molar-refractivity contribution in [2.24, 2.45) is 0 Å². The molecule has 1 aliphatic heterocycles. The zero-order valence-corrected chi connectivity index (χ0v) is 24.1. The Morgan fingerprint density at radius 3 is 2.05 bits per heavy atom. The summed E-state index contributed by atoms with van der Waals surface area (Å²) in [5.74, 6) is -1.83. The van der Waals surface area contributed by atoms with Crippen LogP contribution in [0.2, 0.25) is 0 Å². The predicted octanol–water partition coefficient (Wildman–Crippen LogP) is 1.66. The number of nitrogens with one attached hydrogen (secondary N) is 4. The summed E-state index contributed by atoms with van der Waals surface area (Å²) in [7, 11) is 0. The van der Waals surface area contributed by atoms with E-state index in [1.165, 1.54) is 11.8 Å². The second kappa shape index (κ2) is 13.8. The van der Waals surface area contributed by atoms with Gasteiger partial charge < -0.3 is 30.9 Å². The van der Waals surface area contributed by atoms with Crippen molar-refractivity contribution in [3.63, 3.8) is 0 Å². The maximum Gasteiger partial charge on any atom is 0.408 e. The fourth-order valence-electron chi connectivity index (χ4n) is 4.29. The van der Waals surface area contributed by atoms with Crippen molar-refractivity contribution in [1.29, 1.82) is 0 Å². The maximum absolute atomic E-state index is 13.0. The quantitative estimate of drug-likeness (QED) is 0.305. The van der Waals surface area contributed by atoms with E-state index >= 15 is 0 Å². The van der Waals surface area contributed by atoms with Gasteiger partial charge in [-0.05, 0) is 45.7 Å². The minimum Gasteiger partial charge on any atom is -0.444 e. The van der Waals surface area contributed by atoms with Crippen LogP contribution in [-0.4, -0.2) is 70.9 Å². The SMILES string of the molecule is C[C@H](NC(=O)OC(C)(C)C)C(=O)N1[C@H](C(=O)NCC(=O)N[C@@H](Cc2ccccc2)C(=O)NCc2ccccc2)[C@@H]1C. The number of amides is 5. The van der Waals surface area contributed by atoms with Crippen LogP contribution >= 0.6 is 0 Å². The third-order valence-electron chi connectivity index (χ3n) is 6.40. The number of hydrogen-bond acceptors (Lipinski definition) is 6. The molecule has 2 aromatic carbocycles. The van der Waals surface area contributed by atoms with Gasteiger partial charge in [0.2, 0.25) is 23.6 Å². The molecule has 3 rings (SSSR count). The first-order valence-electron chi connectivity index (χ1n) is 13.6. The number of rotatable bonds is 11. The highest BCUT2D eigenvalue weighted by Gasteiger charge is 2.53. The zero-order chi connectivity index (χ0) is 30.2. The second-order valence-corrected chi connectivity index (χ2v) is 11.0. The lowest BCUT2D eigenvalue weighted by Gasteiger charge is -2.21. The Balaban J connectivity index is 1.52. The molecule has 4 N–H and O–H groups in total. The number of alkyl carbamates (subject to hydrolysis) is 1. The Morgan fingerprint density at radius 1 is 0.878 bits per heavy atom. The molecule has 0 aliphatic carbocycles. The molecule has 0 bridgehead atoms. The summed E-state index contributed by atoms with van der Waals surface area (Å²) in [6, 6.07) is 15.8. The summed E-state index contributed by atoms with van der Waals surface area (Å²) in [5.41, 5.74) is 1.07. The summed E-state index contributed by atoms with van der Waals surface area (Å²) in [5, 5.41) is 10.6. The molecule has 1 fully saturated rings. The summed E-state index contributed by atoms with van der Waals surface area (Å²) in [6.07, 6.45) is -0.464. The molecule has 4 atom stereocenters. The maximum atomic E-state index is 13.0. The third-order valence-corrected chi connectivity index (χ3v) is 6.40. The van der Waals surface area contributed by atoms with Crippen molar-refractivity contribution in [2.45, 2.75) is 77.4 Å². The molecule has 220 valence electrons. The summed E-state index contributed by atoms with van der Waals surface area (Å²) < 4.78 is 5.18. The Kier molecular flexibility index (Phi) is 10.5. The number of benzene rings is 2. The van der Waals surface area contributed by atoms with Crippen LogP contribution in [0.1, 0.15) is 45.7 Å². The molecule has 0 radical (unpaired) electrons. The highest BCUT2D eigenvalue weighted by Crippen LogP contribution is 2.29. The summed E-state index contributed by atoms with van der Waals surface area (Å²) in [6.45, 7) is 8.29. The normalized spacial score (nSPS) is 17.4. The second-order valence-electron chi connectivity index (χ2n) is 11.0. The van der Waals surface area contributed by atoms with E-state index < -0.39 is 53.6 Å². The molecule has 0 aromatic heterocycles. The predicted molar refractivity (Wildman–Crippen MR) is 152 cm³/mol. The van der Waals surface area contributed by atoms with Gasteiger partial charge in [0.15, 0.2) is 0 Å². The first-order valence-corrected chi connectivity index (χ1v) is 13.6. The van der Waals surface area contributed by atoms with E-state index in [9.17, 15) is 24.0 Å². The van der Waals surface area contributed by atoms with Crippen molar-refractivity contribution in [2.75, 3.05) is 6.54 Å². The molecule has 0 unspecified atom stereocenters.